The Balaban J connectivity index is 4.05. The smallest absolute Gasteiger partial charge is 0.151 e. The van der Waals surface area contributed by atoms with Crippen LogP contribution in [-0.2, 0) is 9.84 Å². The fourth-order valence-corrected chi connectivity index (χ4v) is 2.80. The van der Waals surface area contributed by atoms with Gasteiger partial charge in [-0.3, -0.25) is 4.90 Å². The maximum absolute atomic E-state index is 11.4. The van der Waals surface area contributed by atoms with Gasteiger partial charge in [-0.2, -0.15) is 0 Å². The topological polar surface area (TPSA) is 63.4 Å². The summed E-state index contributed by atoms with van der Waals surface area (Å²) < 4.78 is 22.9. The summed E-state index contributed by atoms with van der Waals surface area (Å²) in [6.45, 7) is 5.59. The summed E-state index contributed by atoms with van der Waals surface area (Å²) in [5.74, 6) is 0.453. The maximum Gasteiger partial charge on any atom is 0.151 e. The average molecular weight is 252 g/mol. The Morgan fingerprint density at radius 3 is 2.33 bits per heavy atom. The van der Waals surface area contributed by atoms with Gasteiger partial charge in [0.2, 0.25) is 0 Å². The summed E-state index contributed by atoms with van der Waals surface area (Å²) in [4.78, 5) is 2.35. The molecule has 0 atom stereocenters. The molecule has 0 amide bonds. The van der Waals surface area contributed by atoms with Gasteiger partial charge in [0.15, 0.2) is 9.84 Å². The molecule has 0 fully saturated rings. The van der Waals surface area contributed by atoms with E-state index in [1.807, 2.05) is 18.7 Å². The number of thiocarbonyl (C=S) groups is 1. The summed E-state index contributed by atoms with van der Waals surface area (Å²) in [5, 5.41) is 0. The van der Waals surface area contributed by atoms with Crippen molar-refractivity contribution in [1.29, 1.82) is 0 Å². The minimum atomic E-state index is -2.90. The number of likely N-dealkylation sites (N-methyl/N-ethyl adjacent to an activating group) is 1. The fourth-order valence-electron chi connectivity index (χ4n) is 1.25. The fraction of sp³-hybridized carbons (Fsp3) is 0.889. The van der Waals surface area contributed by atoms with Gasteiger partial charge in [0.1, 0.15) is 0 Å². The zero-order valence-corrected chi connectivity index (χ0v) is 11.0. The number of nitrogens with zero attached hydrogens (tertiary/aromatic N) is 1. The van der Waals surface area contributed by atoms with Gasteiger partial charge in [0, 0.05) is 18.8 Å². The van der Waals surface area contributed by atoms with E-state index in [1.54, 1.807) is 0 Å². The van der Waals surface area contributed by atoms with E-state index in [1.165, 1.54) is 0 Å². The molecule has 0 spiro atoms. The number of sulfone groups is 1. The Labute approximate surface area is 97.7 Å². The van der Waals surface area contributed by atoms with Crippen LogP contribution in [0.25, 0.3) is 0 Å². The molecule has 0 saturated heterocycles. The predicted molar refractivity (Wildman–Crippen MR) is 67.8 cm³/mol. The minimum Gasteiger partial charge on any atom is -0.392 e. The van der Waals surface area contributed by atoms with E-state index in [2.05, 4.69) is 0 Å². The third kappa shape index (κ3) is 7.70. The molecule has 4 nitrogen and oxygen atoms in total. The van der Waals surface area contributed by atoms with Gasteiger partial charge in [-0.25, -0.2) is 8.42 Å². The number of hydrogen-bond donors (Lipinski definition) is 1. The molecule has 0 aromatic carbocycles. The molecule has 0 saturated carbocycles. The first-order valence-electron chi connectivity index (χ1n) is 5.12. The summed E-state index contributed by atoms with van der Waals surface area (Å²) in [6, 6.07) is 0. The molecule has 90 valence electrons. The first kappa shape index (κ1) is 14.8. The Hall–Kier alpha value is -0.200. The number of rotatable bonds is 8. The summed E-state index contributed by atoms with van der Waals surface area (Å²) in [6.07, 6.45) is 0.670. The van der Waals surface area contributed by atoms with Crippen molar-refractivity contribution in [1.82, 2.24) is 4.90 Å². The van der Waals surface area contributed by atoms with Gasteiger partial charge in [0.25, 0.3) is 0 Å². The molecule has 0 unspecified atom stereocenters. The van der Waals surface area contributed by atoms with Crippen LogP contribution in [0.2, 0.25) is 0 Å². The van der Waals surface area contributed by atoms with E-state index in [0.29, 0.717) is 24.5 Å². The van der Waals surface area contributed by atoms with Crippen molar-refractivity contribution >= 4 is 27.0 Å². The molecule has 0 aliphatic heterocycles. The first-order valence-corrected chi connectivity index (χ1v) is 7.35. The summed E-state index contributed by atoms with van der Waals surface area (Å²) in [5.41, 5.74) is 5.41. The molecule has 0 heterocycles. The Morgan fingerprint density at radius 1 is 1.33 bits per heavy atom. The van der Waals surface area contributed by atoms with Crippen molar-refractivity contribution < 1.29 is 8.42 Å². The van der Waals surface area contributed by atoms with Crippen molar-refractivity contribution in [2.24, 2.45) is 5.73 Å². The van der Waals surface area contributed by atoms with E-state index in [4.69, 9.17) is 18.0 Å². The van der Waals surface area contributed by atoms with Crippen LogP contribution < -0.4 is 5.73 Å². The lowest BCUT2D eigenvalue weighted by molar-refractivity contribution is 0.348. The number of hydrogen-bond acceptors (Lipinski definition) is 4. The highest BCUT2D eigenvalue weighted by molar-refractivity contribution is 7.91. The lowest BCUT2D eigenvalue weighted by Crippen LogP contribution is -2.36. The zero-order chi connectivity index (χ0) is 11.9. The molecule has 2 N–H and O–H groups in total. The van der Waals surface area contributed by atoms with Gasteiger partial charge in [-0.1, -0.05) is 26.1 Å². The maximum atomic E-state index is 11.4. The van der Waals surface area contributed by atoms with Crippen LogP contribution in [0.5, 0.6) is 0 Å². The Bertz CT molecular complexity index is 288. The van der Waals surface area contributed by atoms with Crippen LogP contribution in [0, 0.1) is 0 Å². The molecule has 0 aliphatic rings. The lowest BCUT2D eigenvalue weighted by atomic mass is 10.5. The molecule has 0 aromatic rings. The van der Waals surface area contributed by atoms with Crippen LogP contribution in [-0.4, -0.2) is 49.4 Å². The SMILES string of the molecule is CCCS(=O)(=O)CCN(CC)CC(N)=S. The molecular weight excluding hydrogens is 232 g/mol. The molecule has 6 heteroatoms. The van der Waals surface area contributed by atoms with Crippen molar-refractivity contribution in [2.45, 2.75) is 20.3 Å². The molecule has 0 aliphatic carbocycles. The van der Waals surface area contributed by atoms with Crippen molar-refractivity contribution in [3.05, 3.63) is 0 Å². The van der Waals surface area contributed by atoms with Gasteiger partial charge < -0.3 is 5.73 Å². The van der Waals surface area contributed by atoms with E-state index in [9.17, 15) is 8.42 Å². The van der Waals surface area contributed by atoms with Crippen LogP contribution in [0.4, 0.5) is 0 Å². The summed E-state index contributed by atoms with van der Waals surface area (Å²) in [7, 11) is -2.90. The first-order chi connectivity index (χ1) is 6.91. The van der Waals surface area contributed by atoms with Gasteiger partial charge in [-0.05, 0) is 13.0 Å². The minimum absolute atomic E-state index is 0.192. The van der Waals surface area contributed by atoms with E-state index >= 15 is 0 Å². The standard InChI is InChI=1S/C9H20N2O2S2/c1-3-6-15(12,13)7-5-11(4-2)8-9(10)14/h3-8H2,1-2H3,(H2,10,14). The third-order valence-electron chi connectivity index (χ3n) is 2.06. The monoisotopic (exact) mass is 252 g/mol. The second-order valence-electron chi connectivity index (χ2n) is 3.49. The van der Waals surface area contributed by atoms with Crippen LogP contribution >= 0.6 is 12.2 Å². The van der Waals surface area contributed by atoms with Crippen molar-refractivity contribution in [3.63, 3.8) is 0 Å². The second-order valence-corrected chi connectivity index (χ2v) is 6.31. The normalized spacial score (nSPS) is 11.9. The van der Waals surface area contributed by atoms with Gasteiger partial charge >= 0.3 is 0 Å². The zero-order valence-electron chi connectivity index (χ0n) is 9.40. The van der Waals surface area contributed by atoms with E-state index in [0.717, 1.165) is 6.54 Å². The Kier molecular flexibility index (Phi) is 7.04. The largest absolute Gasteiger partial charge is 0.392 e. The average Bonchev–Trinajstić information content (AvgIpc) is 2.11. The third-order valence-corrected chi connectivity index (χ3v) is 4.02. The van der Waals surface area contributed by atoms with Crippen LogP contribution in [0.1, 0.15) is 20.3 Å². The lowest BCUT2D eigenvalue weighted by Gasteiger charge is -2.19. The molecule has 0 bridgehead atoms. The Morgan fingerprint density at radius 2 is 1.93 bits per heavy atom. The molecule has 15 heavy (non-hydrogen) atoms. The van der Waals surface area contributed by atoms with E-state index in [-0.39, 0.29) is 11.5 Å². The molecule has 0 aromatic heterocycles. The second kappa shape index (κ2) is 7.14. The highest BCUT2D eigenvalue weighted by Gasteiger charge is 2.12. The molecule has 0 rings (SSSR count). The van der Waals surface area contributed by atoms with Crippen molar-refractivity contribution in [2.75, 3.05) is 31.1 Å². The van der Waals surface area contributed by atoms with Crippen molar-refractivity contribution in [3.8, 4) is 0 Å². The van der Waals surface area contributed by atoms with Crippen LogP contribution in [0.3, 0.4) is 0 Å². The van der Waals surface area contributed by atoms with Gasteiger partial charge in [0.05, 0.1) is 10.7 Å². The predicted octanol–water partition coefficient (Wildman–Crippen LogP) is 0.419. The summed E-state index contributed by atoms with van der Waals surface area (Å²) >= 11 is 4.78. The number of nitrogens with two attached hydrogens (primary N) is 1. The van der Waals surface area contributed by atoms with Crippen LogP contribution in [0.15, 0.2) is 0 Å². The molecular formula is C9H20N2O2S2. The highest BCUT2D eigenvalue weighted by Crippen LogP contribution is 1.96. The highest BCUT2D eigenvalue weighted by atomic mass is 32.2. The quantitative estimate of drug-likeness (QED) is 0.634. The molecule has 0 radical (unpaired) electrons. The van der Waals surface area contributed by atoms with E-state index < -0.39 is 9.84 Å². The van der Waals surface area contributed by atoms with Gasteiger partial charge in [-0.15, -0.1) is 0 Å².